The highest BCUT2D eigenvalue weighted by Crippen LogP contribution is 2.32. The summed E-state index contributed by atoms with van der Waals surface area (Å²) in [4.78, 5) is 10.7. The van der Waals surface area contributed by atoms with E-state index in [0.717, 1.165) is 12.1 Å². The molecule has 0 saturated heterocycles. The lowest BCUT2D eigenvalue weighted by Gasteiger charge is -2.10. The van der Waals surface area contributed by atoms with Crippen molar-refractivity contribution < 1.29 is 23.1 Å². The van der Waals surface area contributed by atoms with Gasteiger partial charge in [-0.05, 0) is 29.1 Å². The lowest BCUT2D eigenvalue weighted by atomic mass is 10.1. The van der Waals surface area contributed by atoms with Crippen LogP contribution in [0.2, 0.25) is 0 Å². The predicted molar refractivity (Wildman–Crippen MR) is 70.4 cm³/mol. The highest BCUT2D eigenvalue weighted by atomic mass is 32.1. The Morgan fingerprint density at radius 3 is 2.70 bits per heavy atom. The number of hydrogen-bond acceptors (Lipinski definition) is 3. The zero-order valence-electron chi connectivity index (χ0n) is 10.1. The fraction of sp³-hybridized carbons (Fsp3) is 0.154. The maximum Gasteiger partial charge on any atom is 0.416 e. The van der Waals surface area contributed by atoms with Crippen LogP contribution in [0.5, 0.6) is 0 Å². The monoisotopic (exact) mass is 301 g/mol. The van der Waals surface area contributed by atoms with Crippen LogP contribution in [0.3, 0.4) is 0 Å². The van der Waals surface area contributed by atoms with E-state index in [9.17, 15) is 18.0 Å². The minimum absolute atomic E-state index is 0.176. The van der Waals surface area contributed by atoms with E-state index in [1.165, 1.54) is 23.5 Å². The van der Waals surface area contributed by atoms with E-state index in [1.54, 1.807) is 10.8 Å². The van der Waals surface area contributed by atoms with E-state index < -0.39 is 17.7 Å². The van der Waals surface area contributed by atoms with Crippen molar-refractivity contribution in [2.75, 3.05) is 5.32 Å². The van der Waals surface area contributed by atoms with Crippen LogP contribution in [-0.4, -0.2) is 11.1 Å². The molecular formula is C13H10F3NO2S. The molecule has 0 aliphatic rings. The van der Waals surface area contributed by atoms with Gasteiger partial charge in [-0.25, -0.2) is 0 Å². The number of benzene rings is 1. The second kappa shape index (κ2) is 5.54. The molecule has 7 heteroatoms. The van der Waals surface area contributed by atoms with E-state index in [2.05, 4.69) is 5.32 Å². The number of thiophene rings is 1. The predicted octanol–water partition coefficient (Wildman–Crippen LogP) is 4.14. The van der Waals surface area contributed by atoms with E-state index in [4.69, 9.17) is 5.11 Å². The van der Waals surface area contributed by atoms with Crippen molar-refractivity contribution in [2.45, 2.75) is 12.6 Å². The van der Waals surface area contributed by atoms with Crippen molar-refractivity contribution in [3.63, 3.8) is 0 Å². The Morgan fingerprint density at radius 1 is 1.30 bits per heavy atom. The number of carbonyl (C=O) groups is 1. The molecule has 0 fully saturated rings. The molecule has 0 saturated carbocycles. The number of anilines is 2. The zero-order chi connectivity index (χ0) is 14.8. The number of hydrogen-bond donors (Lipinski definition) is 2. The first-order valence-electron chi connectivity index (χ1n) is 5.57. The maximum absolute atomic E-state index is 12.6. The Kier molecular flexibility index (Phi) is 3.99. The van der Waals surface area contributed by atoms with Crippen LogP contribution in [-0.2, 0) is 17.4 Å². The molecular weight excluding hydrogens is 291 g/mol. The number of rotatable bonds is 4. The minimum Gasteiger partial charge on any atom is -0.481 e. The van der Waals surface area contributed by atoms with E-state index in [0.29, 0.717) is 11.3 Å². The highest BCUT2D eigenvalue weighted by molar-refractivity contribution is 7.08. The fourth-order valence-electron chi connectivity index (χ4n) is 1.66. The lowest BCUT2D eigenvalue weighted by Crippen LogP contribution is -2.05. The molecule has 0 amide bonds. The van der Waals surface area contributed by atoms with E-state index in [-0.39, 0.29) is 12.1 Å². The quantitative estimate of drug-likeness (QED) is 0.892. The first-order valence-corrected chi connectivity index (χ1v) is 6.51. The third kappa shape index (κ3) is 3.51. The van der Waals surface area contributed by atoms with Crippen molar-refractivity contribution in [1.82, 2.24) is 0 Å². The molecule has 0 unspecified atom stereocenters. The van der Waals surface area contributed by atoms with Crippen LogP contribution < -0.4 is 5.32 Å². The SMILES string of the molecule is O=C(O)Cc1cscc1Nc1cccc(C(F)(F)F)c1. The summed E-state index contributed by atoms with van der Waals surface area (Å²) in [5, 5.41) is 14.9. The van der Waals surface area contributed by atoms with Gasteiger partial charge in [0.25, 0.3) is 0 Å². The molecule has 0 radical (unpaired) electrons. The molecule has 2 aromatic rings. The zero-order valence-corrected chi connectivity index (χ0v) is 10.9. The molecule has 3 nitrogen and oxygen atoms in total. The Morgan fingerprint density at radius 2 is 2.05 bits per heavy atom. The third-order valence-corrected chi connectivity index (χ3v) is 3.35. The summed E-state index contributed by atoms with van der Waals surface area (Å²) in [6.07, 6.45) is -4.58. The molecule has 2 rings (SSSR count). The van der Waals surface area contributed by atoms with E-state index >= 15 is 0 Å². The molecule has 1 aromatic carbocycles. The van der Waals surface area contributed by atoms with Gasteiger partial charge < -0.3 is 10.4 Å². The van der Waals surface area contributed by atoms with Gasteiger partial charge in [0.15, 0.2) is 0 Å². The molecule has 20 heavy (non-hydrogen) atoms. The third-order valence-electron chi connectivity index (χ3n) is 2.55. The summed E-state index contributed by atoms with van der Waals surface area (Å²) in [7, 11) is 0. The van der Waals surface area contributed by atoms with Crippen molar-refractivity contribution in [3.05, 3.63) is 46.2 Å². The standard InChI is InChI=1S/C13H10F3NO2S/c14-13(15,16)9-2-1-3-10(5-9)17-11-7-20-6-8(11)4-12(18)19/h1-3,5-7,17H,4H2,(H,18,19). The smallest absolute Gasteiger partial charge is 0.416 e. The van der Waals surface area contributed by atoms with E-state index in [1.807, 2.05) is 0 Å². The number of carboxylic acid groups (broad SMARTS) is 1. The van der Waals surface area contributed by atoms with Gasteiger partial charge in [-0.2, -0.15) is 13.2 Å². The van der Waals surface area contributed by atoms with Crippen LogP contribution in [0, 0.1) is 0 Å². The maximum atomic E-state index is 12.6. The fourth-order valence-corrected chi connectivity index (χ4v) is 2.45. The summed E-state index contributed by atoms with van der Waals surface area (Å²) in [6, 6.07) is 4.77. The van der Waals surface area contributed by atoms with Gasteiger partial charge >= 0.3 is 12.1 Å². The molecule has 2 N–H and O–H groups in total. The molecule has 106 valence electrons. The van der Waals surface area contributed by atoms with Gasteiger partial charge in [0.05, 0.1) is 17.7 Å². The second-order valence-electron chi connectivity index (χ2n) is 4.08. The molecule has 0 bridgehead atoms. The Labute approximate surface area is 116 Å². The summed E-state index contributed by atoms with van der Waals surface area (Å²) in [6.45, 7) is 0. The lowest BCUT2D eigenvalue weighted by molar-refractivity contribution is -0.138. The summed E-state index contributed by atoms with van der Waals surface area (Å²) < 4.78 is 37.8. The van der Waals surface area contributed by atoms with Crippen molar-refractivity contribution in [2.24, 2.45) is 0 Å². The largest absolute Gasteiger partial charge is 0.481 e. The van der Waals surface area contributed by atoms with Gasteiger partial charge in [-0.1, -0.05) is 6.07 Å². The number of aliphatic carboxylic acids is 1. The molecule has 1 aromatic heterocycles. The molecule has 0 atom stereocenters. The molecule has 0 aliphatic carbocycles. The number of alkyl halides is 3. The topological polar surface area (TPSA) is 49.3 Å². The van der Waals surface area contributed by atoms with Crippen LogP contribution in [0.1, 0.15) is 11.1 Å². The van der Waals surface area contributed by atoms with Gasteiger partial charge in [0.2, 0.25) is 0 Å². The minimum atomic E-state index is -4.41. The van der Waals surface area contributed by atoms with Gasteiger partial charge in [0, 0.05) is 11.1 Å². The summed E-state index contributed by atoms with van der Waals surface area (Å²) in [5.41, 5.74) is 0.569. The molecule has 1 heterocycles. The number of nitrogens with one attached hydrogen (secondary N) is 1. The van der Waals surface area contributed by atoms with Crippen molar-refractivity contribution in [3.8, 4) is 0 Å². The van der Waals surface area contributed by atoms with Gasteiger partial charge in [-0.3, -0.25) is 4.79 Å². The Balaban J connectivity index is 2.22. The van der Waals surface area contributed by atoms with Crippen LogP contribution in [0.4, 0.5) is 24.5 Å². The second-order valence-corrected chi connectivity index (χ2v) is 4.83. The highest BCUT2D eigenvalue weighted by Gasteiger charge is 2.30. The normalized spacial score (nSPS) is 11.3. The average molecular weight is 301 g/mol. The summed E-state index contributed by atoms with van der Waals surface area (Å²) >= 11 is 1.29. The average Bonchev–Trinajstić information content (AvgIpc) is 2.75. The first-order chi connectivity index (χ1) is 9.36. The Bertz CT molecular complexity index is 622. The van der Waals surface area contributed by atoms with Gasteiger partial charge in [-0.15, -0.1) is 11.3 Å². The number of carboxylic acids is 1. The summed E-state index contributed by atoms with van der Waals surface area (Å²) in [5.74, 6) is -0.990. The Hall–Kier alpha value is -2.02. The van der Waals surface area contributed by atoms with Gasteiger partial charge in [0.1, 0.15) is 0 Å². The first kappa shape index (κ1) is 14.4. The van der Waals surface area contributed by atoms with Crippen LogP contribution in [0.15, 0.2) is 35.0 Å². The van der Waals surface area contributed by atoms with Crippen molar-refractivity contribution >= 4 is 28.7 Å². The number of halogens is 3. The van der Waals surface area contributed by atoms with Crippen LogP contribution in [0.25, 0.3) is 0 Å². The molecule has 0 spiro atoms. The van der Waals surface area contributed by atoms with Crippen LogP contribution >= 0.6 is 11.3 Å². The molecule has 0 aliphatic heterocycles. The van der Waals surface area contributed by atoms with Crippen molar-refractivity contribution in [1.29, 1.82) is 0 Å².